The first-order valence-electron chi connectivity index (χ1n) is 7.99. The third-order valence-corrected chi connectivity index (χ3v) is 4.38. The van der Waals surface area contributed by atoms with E-state index in [-0.39, 0.29) is 4.88 Å². The predicted octanol–water partition coefficient (Wildman–Crippen LogP) is 4.28. The lowest BCUT2D eigenvalue weighted by Crippen LogP contribution is -2.14. The summed E-state index contributed by atoms with van der Waals surface area (Å²) in [6, 6.07) is 7.75. The van der Waals surface area contributed by atoms with Crippen molar-refractivity contribution in [3.05, 3.63) is 45.4 Å². The molecule has 0 aliphatic carbocycles. The molecule has 25 heavy (non-hydrogen) atoms. The zero-order valence-electron chi connectivity index (χ0n) is 14.4. The van der Waals surface area contributed by atoms with Crippen molar-refractivity contribution in [3.63, 3.8) is 0 Å². The standard InChI is InChI=1S/C12H18ClNO.C5H6N2O2S/c1-2-3-4-9-15-14-10-11-5-7-12(13)8-6-11;1-2-3(4(8)9)10-5(6)7-2/h5-8,14H,2-4,9-10H2,1H3;1H3,(H2,6,7)(H,8,9). The fraction of sp³-hybridized carbons (Fsp3) is 0.412. The van der Waals surface area contributed by atoms with E-state index in [4.69, 9.17) is 27.3 Å². The molecule has 1 aromatic carbocycles. The van der Waals surface area contributed by atoms with E-state index in [9.17, 15) is 4.79 Å². The van der Waals surface area contributed by atoms with Crippen LogP contribution in [0.15, 0.2) is 24.3 Å². The average molecular weight is 386 g/mol. The second-order valence-corrected chi connectivity index (χ2v) is 6.74. The zero-order valence-corrected chi connectivity index (χ0v) is 16.0. The summed E-state index contributed by atoms with van der Waals surface area (Å²) < 4.78 is 0. The van der Waals surface area contributed by atoms with Gasteiger partial charge in [-0.2, -0.15) is 5.48 Å². The number of hydroxylamine groups is 1. The summed E-state index contributed by atoms with van der Waals surface area (Å²) in [5, 5.41) is 9.56. The van der Waals surface area contributed by atoms with Crippen LogP contribution in [0.3, 0.4) is 0 Å². The van der Waals surface area contributed by atoms with Crippen molar-refractivity contribution in [2.24, 2.45) is 0 Å². The molecule has 6 nitrogen and oxygen atoms in total. The van der Waals surface area contributed by atoms with Crippen LogP contribution >= 0.6 is 22.9 Å². The number of hydrogen-bond donors (Lipinski definition) is 3. The number of thiazole rings is 1. The fourth-order valence-corrected chi connectivity index (χ4v) is 2.65. The molecule has 138 valence electrons. The van der Waals surface area contributed by atoms with Gasteiger partial charge < -0.3 is 15.7 Å². The summed E-state index contributed by atoms with van der Waals surface area (Å²) in [6.45, 7) is 5.31. The summed E-state index contributed by atoms with van der Waals surface area (Å²) in [5.41, 5.74) is 9.86. The second kappa shape index (κ2) is 11.8. The van der Waals surface area contributed by atoms with E-state index in [0.717, 1.165) is 35.9 Å². The molecule has 0 amide bonds. The Hall–Kier alpha value is -1.67. The first-order chi connectivity index (χ1) is 11.9. The van der Waals surface area contributed by atoms with Crippen LogP contribution in [-0.4, -0.2) is 22.7 Å². The Bertz CT molecular complexity index is 647. The lowest BCUT2D eigenvalue weighted by molar-refractivity contribution is 0.0342. The summed E-state index contributed by atoms with van der Waals surface area (Å²) in [5.74, 6) is -0.966. The summed E-state index contributed by atoms with van der Waals surface area (Å²) in [4.78, 5) is 19.6. The molecule has 0 aliphatic heterocycles. The number of benzene rings is 1. The number of carboxylic acids is 1. The highest BCUT2D eigenvalue weighted by Gasteiger charge is 2.11. The number of halogens is 1. The van der Waals surface area contributed by atoms with Crippen LogP contribution < -0.4 is 11.2 Å². The van der Waals surface area contributed by atoms with Gasteiger partial charge in [-0.1, -0.05) is 54.8 Å². The highest BCUT2D eigenvalue weighted by atomic mass is 35.5. The Balaban J connectivity index is 0.000000271. The number of unbranched alkanes of at least 4 members (excludes halogenated alkanes) is 2. The first-order valence-corrected chi connectivity index (χ1v) is 9.18. The van der Waals surface area contributed by atoms with Crippen LogP contribution in [0.25, 0.3) is 0 Å². The summed E-state index contributed by atoms with van der Waals surface area (Å²) >= 11 is 6.77. The number of carboxylic acid groups (broad SMARTS) is 1. The van der Waals surface area contributed by atoms with Crippen LogP contribution in [-0.2, 0) is 11.4 Å². The van der Waals surface area contributed by atoms with Crippen LogP contribution in [0, 0.1) is 6.92 Å². The number of nitrogens with two attached hydrogens (primary N) is 1. The Morgan fingerprint density at radius 2 is 2.04 bits per heavy atom. The van der Waals surface area contributed by atoms with Crippen molar-refractivity contribution in [3.8, 4) is 0 Å². The van der Waals surface area contributed by atoms with Crippen molar-refractivity contribution in [2.75, 3.05) is 12.3 Å². The molecule has 0 unspecified atom stereocenters. The SMILES string of the molecule is CCCCCONCc1ccc(Cl)cc1.Cc1nc(N)sc1C(=O)O. The van der Waals surface area contributed by atoms with E-state index >= 15 is 0 Å². The van der Waals surface area contributed by atoms with E-state index in [0.29, 0.717) is 10.8 Å². The molecule has 0 saturated carbocycles. The maximum absolute atomic E-state index is 10.3. The van der Waals surface area contributed by atoms with Crippen LogP contribution in [0.4, 0.5) is 5.13 Å². The van der Waals surface area contributed by atoms with Gasteiger partial charge in [0.2, 0.25) is 0 Å². The minimum Gasteiger partial charge on any atom is -0.477 e. The third kappa shape index (κ3) is 8.83. The zero-order chi connectivity index (χ0) is 18.7. The number of anilines is 1. The molecule has 0 spiro atoms. The Morgan fingerprint density at radius 3 is 2.52 bits per heavy atom. The van der Waals surface area contributed by atoms with Gasteiger partial charge >= 0.3 is 5.97 Å². The third-order valence-electron chi connectivity index (χ3n) is 3.15. The smallest absolute Gasteiger partial charge is 0.347 e. The Labute approximate surface area is 156 Å². The number of aromatic carboxylic acids is 1. The molecular weight excluding hydrogens is 362 g/mol. The van der Waals surface area contributed by atoms with Crippen molar-refractivity contribution < 1.29 is 14.7 Å². The average Bonchev–Trinajstić information content (AvgIpc) is 2.92. The molecule has 0 saturated heterocycles. The van der Waals surface area contributed by atoms with Crippen LogP contribution in [0.1, 0.15) is 47.1 Å². The molecule has 4 N–H and O–H groups in total. The Morgan fingerprint density at radius 1 is 1.36 bits per heavy atom. The molecule has 2 aromatic rings. The van der Waals surface area contributed by atoms with Gasteiger partial charge in [-0.15, -0.1) is 0 Å². The molecule has 0 atom stereocenters. The Kier molecular flexibility index (Phi) is 10.1. The number of nitrogen functional groups attached to an aromatic ring is 1. The van der Waals surface area contributed by atoms with Gasteiger partial charge in [0, 0.05) is 11.6 Å². The molecule has 1 aromatic heterocycles. The molecule has 0 radical (unpaired) electrons. The number of aryl methyl sites for hydroxylation is 1. The minimum absolute atomic E-state index is 0.220. The molecule has 0 fully saturated rings. The van der Waals surface area contributed by atoms with E-state index in [2.05, 4.69) is 17.4 Å². The fourth-order valence-electron chi connectivity index (χ4n) is 1.85. The number of aromatic nitrogens is 1. The largest absolute Gasteiger partial charge is 0.477 e. The van der Waals surface area contributed by atoms with Gasteiger partial charge in [-0.05, 0) is 31.0 Å². The van der Waals surface area contributed by atoms with Crippen molar-refractivity contribution in [2.45, 2.75) is 39.7 Å². The van der Waals surface area contributed by atoms with Crippen molar-refractivity contribution in [1.82, 2.24) is 10.5 Å². The number of rotatable bonds is 8. The maximum atomic E-state index is 10.3. The monoisotopic (exact) mass is 385 g/mol. The van der Waals surface area contributed by atoms with Gasteiger partial charge in [-0.25, -0.2) is 9.78 Å². The topological polar surface area (TPSA) is 97.5 Å². The molecular formula is C17H24ClN3O3S. The number of nitrogens with zero attached hydrogens (tertiary/aromatic N) is 1. The van der Waals surface area contributed by atoms with E-state index < -0.39 is 5.97 Å². The maximum Gasteiger partial charge on any atom is 0.347 e. The minimum atomic E-state index is -0.966. The van der Waals surface area contributed by atoms with E-state index in [1.165, 1.54) is 18.4 Å². The van der Waals surface area contributed by atoms with E-state index in [1.54, 1.807) is 6.92 Å². The molecule has 1 heterocycles. The van der Waals surface area contributed by atoms with Crippen molar-refractivity contribution in [1.29, 1.82) is 0 Å². The van der Waals surface area contributed by atoms with Gasteiger partial charge in [0.25, 0.3) is 0 Å². The molecule has 8 heteroatoms. The number of hydrogen-bond acceptors (Lipinski definition) is 6. The highest BCUT2D eigenvalue weighted by Crippen LogP contribution is 2.18. The number of nitrogens with one attached hydrogen (secondary N) is 1. The van der Waals surface area contributed by atoms with Gasteiger partial charge in [0.05, 0.1) is 12.3 Å². The predicted molar refractivity (Wildman–Crippen MR) is 102 cm³/mol. The van der Waals surface area contributed by atoms with Gasteiger partial charge in [0.1, 0.15) is 4.88 Å². The lowest BCUT2D eigenvalue weighted by atomic mass is 10.2. The molecule has 0 aliphatic rings. The highest BCUT2D eigenvalue weighted by molar-refractivity contribution is 7.17. The van der Waals surface area contributed by atoms with Gasteiger partial charge in [0.15, 0.2) is 5.13 Å². The van der Waals surface area contributed by atoms with E-state index in [1.807, 2.05) is 24.3 Å². The normalized spacial score (nSPS) is 10.2. The van der Waals surface area contributed by atoms with Crippen molar-refractivity contribution >= 4 is 34.0 Å². The lowest BCUT2D eigenvalue weighted by Gasteiger charge is -2.05. The molecule has 2 rings (SSSR count). The quantitative estimate of drug-likeness (QED) is 0.463. The van der Waals surface area contributed by atoms with Crippen LogP contribution in [0.5, 0.6) is 0 Å². The molecule has 0 bridgehead atoms. The summed E-state index contributed by atoms with van der Waals surface area (Å²) in [6.07, 6.45) is 3.56. The summed E-state index contributed by atoms with van der Waals surface area (Å²) in [7, 11) is 0. The number of carbonyl (C=O) groups is 1. The first kappa shape index (κ1) is 21.4. The van der Waals surface area contributed by atoms with Gasteiger partial charge in [-0.3, -0.25) is 0 Å². The second-order valence-electron chi connectivity index (χ2n) is 5.27. The van der Waals surface area contributed by atoms with Crippen LogP contribution in [0.2, 0.25) is 5.02 Å².